The Kier molecular flexibility index (Phi) is 6.05. The van der Waals surface area contributed by atoms with E-state index < -0.39 is 26.7 Å². The third-order valence-corrected chi connectivity index (χ3v) is 4.04. The second-order valence-corrected chi connectivity index (χ2v) is 5.72. The second-order valence-electron chi connectivity index (χ2n) is 3.99. The molecule has 1 aromatic carbocycles. The van der Waals surface area contributed by atoms with Crippen molar-refractivity contribution in [2.45, 2.75) is 11.3 Å². The predicted molar refractivity (Wildman–Crippen MR) is 71.5 cm³/mol. The van der Waals surface area contributed by atoms with Crippen molar-refractivity contribution < 1.29 is 22.3 Å². The molecule has 0 aromatic heterocycles. The highest BCUT2D eigenvalue weighted by molar-refractivity contribution is 7.89. The number of benzene rings is 1. The molecule has 0 fully saturated rings. The van der Waals surface area contributed by atoms with Crippen molar-refractivity contribution in [3.8, 4) is 0 Å². The number of esters is 1. The molecule has 0 aliphatic carbocycles. The quantitative estimate of drug-likeness (QED) is 0.566. The summed E-state index contributed by atoms with van der Waals surface area (Å²) in [5, 5.41) is 2.87. The molecule has 0 saturated heterocycles. The van der Waals surface area contributed by atoms with Gasteiger partial charge in [0.15, 0.2) is 0 Å². The molecule has 1 aromatic rings. The fourth-order valence-electron chi connectivity index (χ4n) is 1.55. The first kappa shape index (κ1) is 16.5. The highest BCUT2D eigenvalue weighted by Crippen LogP contribution is 2.18. The summed E-state index contributed by atoms with van der Waals surface area (Å²) in [4.78, 5) is 11.1. The van der Waals surface area contributed by atoms with E-state index in [0.29, 0.717) is 13.0 Å². The fraction of sp³-hybridized carbons (Fsp3) is 0.417. The molecule has 0 saturated carbocycles. The van der Waals surface area contributed by atoms with Crippen LogP contribution in [0.4, 0.5) is 4.39 Å². The van der Waals surface area contributed by atoms with Crippen LogP contribution < -0.4 is 10.0 Å². The van der Waals surface area contributed by atoms with E-state index in [4.69, 9.17) is 0 Å². The first-order chi connectivity index (χ1) is 9.42. The minimum Gasteiger partial charge on any atom is -0.465 e. The van der Waals surface area contributed by atoms with Crippen LogP contribution in [0.15, 0.2) is 23.1 Å². The molecule has 0 unspecified atom stereocenters. The average Bonchev–Trinajstić information content (AvgIpc) is 2.42. The fourth-order valence-corrected chi connectivity index (χ4v) is 2.82. The Morgan fingerprint density at radius 2 is 2.05 bits per heavy atom. The van der Waals surface area contributed by atoms with Crippen LogP contribution in [0.3, 0.4) is 0 Å². The van der Waals surface area contributed by atoms with Gasteiger partial charge >= 0.3 is 5.97 Å². The maximum Gasteiger partial charge on any atom is 0.339 e. The Morgan fingerprint density at radius 1 is 1.35 bits per heavy atom. The van der Waals surface area contributed by atoms with Crippen LogP contribution >= 0.6 is 0 Å². The van der Waals surface area contributed by atoms with Gasteiger partial charge in [-0.15, -0.1) is 0 Å². The lowest BCUT2D eigenvalue weighted by Gasteiger charge is -2.10. The zero-order chi connectivity index (χ0) is 15.2. The van der Waals surface area contributed by atoms with Crippen molar-refractivity contribution in [1.82, 2.24) is 10.0 Å². The van der Waals surface area contributed by atoms with Crippen LogP contribution in [0, 0.1) is 5.82 Å². The van der Waals surface area contributed by atoms with E-state index in [-0.39, 0.29) is 12.1 Å². The third-order valence-electron chi connectivity index (χ3n) is 2.53. The van der Waals surface area contributed by atoms with Crippen LogP contribution in [0.2, 0.25) is 0 Å². The highest BCUT2D eigenvalue weighted by atomic mass is 32.2. The van der Waals surface area contributed by atoms with E-state index >= 15 is 0 Å². The largest absolute Gasteiger partial charge is 0.465 e. The number of halogens is 1. The molecule has 0 spiro atoms. The SMILES string of the molecule is CNCCCNS(=O)(=O)c1cc(F)ccc1C(=O)OC. The number of methoxy groups -OCH3 is 1. The lowest BCUT2D eigenvalue weighted by atomic mass is 10.2. The van der Waals surface area contributed by atoms with Crippen molar-refractivity contribution in [3.05, 3.63) is 29.6 Å². The molecule has 1 rings (SSSR count). The van der Waals surface area contributed by atoms with Gasteiger partial charge in [-0.05, 0) is 38.2 Å². The molecule has 0 radical (unpaired) electrons. The van der Waals surface area contributed by atoms with Crippen LogP contribution in [-0.4, -0.2) is 41.6 Å². The number of ether oxygens (including phenoxy) is 1. The number of carbonyl (C=O) groups excluding carboxylic acids is 1. The van der Waals surface area contributed by atoms with Gasteiger partial charge in [0.05, 0.1) is 17.6 Å². The molecule has 2 N–H and O–H groups in total. The second kappa shape index (κ2) is 7.32. The Bertz CT molecular complexity index is 575. The van der Waals surface area contributed by atoms with Gasteiger partial charge in [0.25, 0.3) is 0 Å². The Balaban J connectivity index is 3.03. The lowest BCUT2D eigenvalue weighted by molar-refractivity contribution is 0.0596. The minimum absolute atomic E-state index is 0.181. The van der Waals surface area contributed by atoms with Crippen LogP contribution in [0.5, 0.6) is 0 Å². The van der Waals surface area contributed by atoms with Crippen LogP contribution in [0.1, 0.15) is 16.8 Å². The van der Waals surface area contributed by atoms with Gasteiger partial charge in [-0.3, -0.25) is 0 Å². The maximum absolute atomic E-state index is 13.2. The molecule has 0 aliphatic rings. The molecular formula is C12H17FN2O4S. The van der Waals surface area contributed by atoms with E-state index in [1.807, 2.05) is 0 Å². The molecular weight excluding hydrogens is 287 g/mol. The van der Waals surface area contributed by atoms with Crippen LogP contribution in [0.25, 0.3) is 0 Å². The van der Waals surface area contributed by atoms with E-state index in [0.717, 1.165) is 25.3 Å². The van der Waals surface area contributed by atoms with Gasteiger partial charge in [0, 0.05) is 6.54 Å². The molecule has 6 nitrogen and oxygen atoms in total. The topological polar surface area (TPSA) is 84.5 Å². The van der Waals surface area contributed by atoms with E-state index in [2.05, 4.69) is 14.8 Å². The smallest absolute Gasteiger partial charge is 0.339 e. The molecule has 112 valence electrons. The normalized spacial score (nSPS) is 11.3. The standard InChI is InChI=1S/C12H17FN2O4S/c1-14-6-3-7-15-20(17,18)11-8-9(13)4-5-10(11)12(16)19-2/h4-5,8,14-15H,3,6-7H2,1-2H3. The highest BCUT2D eigenvalue weighted by Gasteiger charge is 2.23. The van der Waals surface area contributed by atoms with Gasteiger partial charge in [0.2, 0.25) is 10.0 Å². The van der Waals surface area contributed by atoms with Crippen molar-refractivity contribution in [3.63, 3.8) is 0 Å². The zero-order valence-electron chi connectivity index (χ0n) is 11.3. The van der Waals surface area contributed by atoms with Crippen molar-refractivity contribution in [1.29, 1.82) is 0 Å². The third kappa shape index (κ3) is 4.26. The van der Waals surface area contributed by atoms with E-state index in [1.165, 1.54) is 0 Å². The summed E-state index contributed by atoms with van der Waals surface area (Å²) in [7, 11) is -1.09. The van der Waals surface area contributed by atoms with Crippen molar-refractivity contribution in [2.75, 3.05) is 27.2 Å². The van der Waals surface area contributed by atoms with E-state index in [9.17, 15) is 17.6 Å². The molecule has 20 heavy (non-hydrogen) atoms. The summed E-state index contributed by atoms with van der Waals surface area (Å²) >= 11 is 0. The number of hydrogen-bond donors (Lipinski definition) is 2. The number of sulfonamides is 1. The van der Waals surface area contributed by atoms with Gasteiger partial charge in [-0.25, -0.2) is 22.3 Å². The first-order valence-corrected chi connectivity index (χ1v) is 7.43. The molecule has 0 heterocycles. The lowest BCUT2D eigenvalue weighted by Crippen LogP contribution is -2.28. The van der Waals surface area contributed by atoms with Crippen LogP contribution in [-0.2, 0) is 14.8 Å². The van der Waals surface area contributed by atoms with Gasteiger partial charge in [-0.2, -0.15) is 0 Å². The van der Waals surface area contributed by atoms with Crippen molar-refractivity contribution >= 4 is 16.0 Å². The molecule has 0 amide bonds. The molecule has 0 atom stereocenters. The summed E-state index contributed by atoms with van der Waals surface area (Å²) in [5.41, 5.74) is -0.199. The van der Waals surface area contributed by atoms with Gasteiger partial charge < -0.3 is 10.1 Å². The van der Waals surface area contributed by atoms with Gasteiger partial charge in [0.1, 0.15) is 5.82 Å². The summed E-state index contributed by atoms with van der Waals surface area (Å²) in [6.45, 7) is 0.815. The number of hydrogen-bond acceptors (Lipinski definition) is 5. The number of carbonyl (C=O) groups is 1. The maximum atomic E-state index is 13.2. The monoisotopic (exact) mass is 304 g/mol. The van der Waals surface area contributed by atoms with Gasteiger partial charge in [-0.1, -0.05) is 0 Å². The summed E-state index contributed by atoms with van der Waals surface area (Å²) < 4.78 is 44.2. The van der Waals surface area contributed by atoms with E-state index in [1.54, 1.807) is 7.05 Å². The molecule has 8 heteroatoms. The number of nitrogens with one attached hydrogen (secondary N) is 2. The summed E-state index contributed by atoms with van der Waals surface area (Å²) in [6.07, 6.45) is 0.568. The molecule has 0 aliphatic heterocycles. The predicted octanol–water partition coefficient (Wildman–Crippen LogP) is 0.500. The Hall–Kier alpha value is -1.51. The Morgan fingerprint density at radius 3 is 2.65 bits per heavy atom. The summed E-state index contributed by atoms with van der Waals surface area (Å²) in [6, 6.07) is 2.89. The molecule has 0 bridgehead atoms. The number of rotatable bonds is 7. The van der Waals surface area contributed by atoms with Crippen molar-refractivity contribution in [2.24, 2.45) is 0 Å². The minimum atomic E-state index is -3.97. The first-order valence-electron chi connectivity index (χ1n) is 5.94. The summed E-state index contributed by atoms with van der Waals surface area (Å²) in [5.74, 6) is -1.58. The Labute approximate surface area is 117 Å². The average molecular weight is 304 g/mol. The zero-order valence-corrected chi connectivity index (χ0v) is 12.1.